The highest BCUT2D eigenvalue weighted by Gasteiger charge is 2.15. The number of rotatable bonds is 5. The number of carboxylic acid groups (broad SMARTS) is 1. The number of carbonyl (C=O) groups excluding carboxylic acids is 1. The van der Waals surface area contributed by atoms with Crippen molar-refractivity contribution in [3.05, 3.63) is 29.8 Å². The molecule has 0 aliphatic carbocycles. The van der Waals surface area contributed by atoms with E-state index in [4.69, 9.17) is 11.5 Å². The van der Waals surface area contributed by atoms with E-state index < -0.39 is 18.5 Å². The summed E-state index contributed by atoms with van der Waals surface area (Å²) in [5, 5.41) is 11.4. The molecule has 5 nitrogen and oxygen atoms in total. The Morgan fingerprint density at radius 2 is 2.21 bits per heavy atom. The van der Waals surface area contributed by atoms with E-state index in [0.717, 1.165) is 16.9 Å². The summed E-state index contributed by atoms with van der Waals surface area (Å²) < 4.78 is 0. The van der Waals surface area contributed by atoms with E-state index >= 15 is 0 Å². The van der Waals surface area contributed by atoms with E-state index in [1.54, 1.807) is 6.07 Å². The second kappa shape index (κ2) is 7.07. The summed E-state index contributed by atoms with van der Waals surface area (Å²) in [7, 11) is 0. The van der Waals surface area contributed by atoms with Crippen LogP contribution in [0.4, 0.5) is 10.5 Å². The Labute approximate surface area is 112 Å². The van der Waals surface area contributed by atoms with Crippen LogP contribution in [0.25, 0.3) is 0 Å². The molecule has 0 saturated heterocycles. The fourth-order valence-corrected chi connectivity index (χ4v) is 1.54. The van der Waals surface area contributed by atoms with Gasteiger partial charge in [-0.05, 0) is 24.1 Å². The molecule has 0 aliphatic rings. The summed E-state index contributed by atoms with van der Waals surface area (Å²) in [6.07, 6.45) is 5.97. The van der Waals surface area contributed by atoms with Crippen LogP contribution >= 0.6 is 0 Å². The van der Waals surface area contributed by atoms with Gasteiger partial charge in [0.25, 0.3) is 0 Å². The van der Waals surface area contributed by atoms with E-state index in [0.29, 0.717) is 5.69 Å². The first-order chi connectivity index (χ1) is 9.06. The number of anilines is 1. The number of carbonyl (C=O) groups is 2. The Bertz CT molecular complexity index is 506. The molecule has 0 saturated carbocycles. The normalized spacial score (nSPS) is 9.47. The molecule has 0 atom stereocenters. The lowest BCUT2D eigenvalue weighted by Crippen LogP contribution is -2.39. The van der Waals surface area contributed by atoms with Gasteiger partial charge in [0.1, 0.15) is 6.54 Å². The van der Waals surface area contributed by atoms with Crippen LogP contribution < -0.4 is 5.32 Å². The van der Waals surface area contributed by atoms with Gasteiger partial charge in [-0.2, -0.15) is 0 Å². The van der Waals surface area contributed by atoms with Gasteiger partial charge >= 0.3 is 12.0 Å². The largest absolute Gasteiger partial charge is 0.480 e. The van der Waals surface area contributed by atoms with Crippen molar-refractivity contribution in [1.82, 2.24) is 4.90 Å². The molecule has 0 bridgehead atoms. The van der Waals surface area contributed by atoms with Crippen LogP contribution in [-0.2, 0) is 11.2 Å². The van der Waals surface area contributed by atoms with Crippen LogP contribution in [0.2, 0.25) is 0 Å². The minimum absolute atomic E-state index is 0.0500. The minimum Gasteiger partial charge on any atom is -0.480 e. The van der Waals surface area contributed by atoms with E-state index in [1.807, 2.05) is 25.1 Å². The second-order valence-electron chi connectivity index (χ2n) is 3.94. The van der Waals surface area contributed by atoms with Crippen molar-refractivity contribution in [1.29, 1.82) is 0 Å². The number of hydrogen-bond donors (Lipinski definition) is 2. The number of amides is 2. The van der Waals surface area contributed by atoms with Crippen molar-refractivity contribution in [2.45, 2.75) is 13.3 Å². The van der Waals surface area contributed by atoms with Crippen LogP contribution in [0.5, 0.6) is 0 Å². The Hall–Kier alpha value is -2.48. The van der Waals surface area contributed by atoms with Gasteiger partial charge in [0.15, 0.2) is 0 Å². The Morgan fingerprint density at radius 3 is 2.79 bits per heavy atom. The maximum absolute atomic E-state index is 11.9. The lowest BCUT2D eigenvalue weighted by atomic mass is 10.1. The molecule has 1 aromatic rings. The summed E-state index contributed by atoms with van der Waals surface area (Å²) in [6.45, 7) is 1.53. The standard InChI is InChI=1S/C14H16N2O3/c1-3-8-16(10-13(17)18)14(19)15-12-7-5-6-11(4-2)9-12/h1,5-7,9H,4,8,10H2,2H3,(H,15,19)(H,17,18). The van der Waals surface area contributed by atoms with Crippen LogP contribution in [0, 0.1) is 12.3 Å². The first-order valence-electron chi connectivity index (χ1n) is 5.87. The monoisotopic (exact) mass is 260 g/mol. The van der Waals surface area contributed by atoms with Crippen molar-refractivity contribution in [3.8, 4) is 12.3 Å². The topological polar surface area (TPSA) is 69.6 Å². The van der Waals surface area contributed by atoms with Crippen LogP contribution in [0.1, 0.15) is 12.5 Å². The molecule has 2 N–H and O–H groups in total. The molecule has 19 heavy (non-hydrogen) atoms. The van der Waals surface area contributed by atoms with Crippen molar-refractivity contribution in [2.24, 2.45) is 0 Å². The second-order valence-corrected chi connectivity index (χ2v) is 3.94. The number of nitrogens with zero attached hydrogens (tertiary/aromatic N) is 1. The zero-order valence-electron chi connectivity index (χ0n) is 10.7. The highest BCUT2D eigenvalue weighted by Crippen LogP contribution is 2.11. The molecule has 0 aromatic heterocycles. The fourth-order valence-electron chi connectivity index (χ4n) is 1.54. The van der Waals surface area contributed by atoms with Gasteiger partial charge in [-0.3, -0.25) is 4.79 Å². The highest BCUT2D eigenvalue weighted by atomic mass is 16.4. The zero-order chi connectivity index (χ0) is 14.3. The molecular formula is C14H16N2O3. The number of hydrogen-bond acceptors (Lipinski definition) is 2. The maximum atomic E-state index is 11.9. The molecule has 0 radical (unpaired) electrons. The highest BCUT2D eigenvalue weighted by molar-refractivity contribution is 5.91. The molecule has 0 spiro atoms. The van der Waals surface area contributed by atoms with Gasteiger partial charge in [0.2, 0.25) is 0 Å². The number of aliphatic carboxylic acids is 1. The van der Waals surface area contributed by atoms with E-state index in [2.05, 4.69) is 11.2 Å². The SMILES string of the molecule is C#CCN(CC(=O)O)C(=O)Nc1cccc(CC)c1. The van der Waals surface area contributed by atoms with Gasteiger partial charge in [-0.25, -0.2) is 4.79 Å². The smallest absolute Gasteiger partial charge is 0.323 e. The minimum atomic E-state index is -1.10. The predicted molar refractivity (Wildman–Crippen MR) is 72.9 cm³/mol. The molecule has 2 amide bonds. The first-order valence-corrected chi connectivity index (χ1v) is 5.87. The van der Waals surface area contributed by atoms with Crippen molar-refractivity contribution in [3.63, 3.8) is 0 Å². The lowest BCUT2D eigenvalue weighted by molar-refractivity contribution is -0.137. The number of carboxylic acids is 1. The lowest BCUT2D eigenvalue weighted by Gasteiger charge is -2.18. The predicted octanol–water partition coefficient (Wildman–Crippen LogP) is 1.80. The number of nitrogens with one attached hydrogen (secondary N) is 1. The summed E-state index contributed by atoms with van der Waals surface area (Å²) >= 11 is 0. The number of aryl methyl sites for hydroxylation is 1. The average Bonchev–Trinajstić information content (AvgIpc) is 2.38. The third-order valence-electron chi connectivity index (χ3n) is 2.48. The average molecular weight is 260 g/mol. The first kappa shape index (κ1) is 14.6. The molecule has 1 aromatic carbocycles. The van der Waals surface area contributed by atoms with Gasteiger partial charge in [0, 0.05) is 5.69 Å². The third kappa shape index (κ3) is 4.72. The van der Waals surface area contributed by atoms with Crippen LogP contribution in [0.3, 0.4) is 0 Å². The summed E-state index contributed by atoms with van der Waals surface area (Å²) in [6, 6.07) is 6.84. The summed E-state index contributed by atoms with van der Waals surface area (Å²) in [5.41, 5.74) is 1.70. The quantitative estimate of drug-likeness (QED) is 0.793. The Morgan fingerprint density at radius 1 is 1.47 bits per heavy atom. The van der Waals surface area contributed by atoms with Crippen molar-refractivity contribution in [2.75, 3.05) is 18.4 Å². The van der Waals surface area contributed by atoms with Crippen LogP contribution in [0.15, 0.2) is 24.3 Å². The van der Waals surface area contributed by atoms with Gasteiger partial charge < -0.3 is 15.3 Å². The molecule has 5 heteroatoms. The molecule has 0 heterocycles. The van der Waals surface area contributed by atoms with E-state index in [9.17, 15) is 9.59 Å². The molecule has 0 aliphatic heterocycles. The molecular weight excluding hydrogens is 244 g/mol. The zero-order valence-corrected chi connectivity index (χ0v) is 10.7. The Kier molecular flexibility index (Phi) is 5.42. The maximum Gasteiger partial charge on any atom is 0.323 e. The fraction of sp³-hybridized carbons (Fsp3) is 0.286. The third-order valence-corrected chi connectivity index (χ3v) is 2.48. The van der Waals surface area contributed by atoms with Crippen molar-refractivity contribution >= 4 is 17.7 Å². The summed E-state index contributed by atoms with van der Waals surface area (Å²) in [4.78, 5) is 23.6. The molecule has 0 unspecified atom stereocenters. The van der Waals surface area contributed by atoms with Gasteiger partial charge in [-0.1, -0.05) is 25.0 Å². The number of terminal acetylenes is 1. The van der Waals surface area contributed by atoms with Crippen molar-refractivity contribution < 1.29 is 14.7 Å². The molecule has 1 rings (SSSR count). The Balaban J connectivity index is 2.75. The van der Waals surface area contributed by atoms with Crippen LogP contribution in [-0.4, -0.2) is 35.1 Å². The van der Waals surface area contributed by atoms with Gasteiger partial charge in [-0.15, -0.1) is 6.42 Å². The number of benzene rings is 1. The van der Waals surface area contributed by atoms with Gasteiger partial charge in [0.05, 0.1) is 6.54 Å². The summed E-state index contributed by atoms with van der Waals surface area (Å²) in [5.74, 6) is 1.16. The molecule has 100 valence electrons. The van der Waals surface area contributed by atoms with E-state index in [1.165, 1.54) is 0 Å². The molecule has 0 fully saturated rings. The number of urea groups is 1. The van der Waals surface area contributed by atoms with E-state index in [-0.39, 0.29) is 6.54 Å².